The number of hydrogen-bond acceptors (Lipinski definition) is 2. The highest BCUT2D eigenvalue weighted by Crippen LogP contribution is 2.16. The summed E-state index contributed by atoms with van der Waals surface area (Å²) in [5.41, 5.74) is 0.991. The maximum Gasteiger partial charge on any atom is 0.313 e. The summed E-state index contributed by atoms with van der Waals surface area (Å²) in [4.78, 5) is 11.7. The number of rotatable bonds is 6. The van der Waals surface area contributed by atoms with Gasteiger partial charge in [-0.05, 0) is 25.3 Å². The van der Waals surface area contributed by atoms with E-state index in [1.165, 1.54) is 0 Å². The molecule has 0 aromatic heterocycles. The van der Waals surface area contributed by atoms with E-state index in [1.54, 1.807) is 0 Å². The van der Waals surface area contributed by atoms with E-state index in [9.17, 15) is 4.79 Å². The van der Waals surface area contributed by atoms with Crippen LogP contribution in [0.4, 0.5) is 0 Å². The van der Waals surface area contributed by atoms with Crippen LogP contribution in [0.15, 0.2) is 30.3 Å². The number of carbonyl (C=O) groups excluding carboxylic acids is 1. The molecule has 1 atom stereocenters. The third-order valence-corrected chi connectivity index (χ3v) is 2.69. The number of carbonyl (C=O) groups is 1. The van der Waals surface area contributed by atoms with Crippen LogP contribution in [0.3, 0.4) is 0 Å². The Bertz CT molecular complexity index is 311. The molecule has 3 heteroatoms. The van der Waals surface area contributed by atoms with Crippen molar-refractivity contribution < 1.29 is 9.53 Å². The van der Waals surface area contributed by atoms with E-state index in [0.29, 0.717) is 12.5 Å². The van der Waals surface area contributed by atoms with Crippen molar-refractivity contribution in [3.05, 3.63) is 35.9 Å². The summed E-state index contributed by atoms with van der Waals surface area (Å²) in [5.74, 6) is 0.254. The van der Waals surface area contributed by atoms with Gasteiger partial charge in [0.2, 0.25) is 0 Å². The Morgan fingerprint density at radius 2 is 2.00 bits per heavy atom. The molecule has 1 aromatic rings. The van der Waals surface area contributed by atoms with Gasteiger partial charge in [-0.3, -0.25) is 4.79 Å². The van der Waals surface area contributed by atoms with Crippen LogP contribution in [0.25, 0.3) is 0 Å². The SMILES string of the molecule is CC(C(=O)OCCCCCl)c1ccccc1. The minimum Gasteiger partial charge on any atom is -0.465 e. The quantitative estimate of drug-likeness (QED) is 0.433. The second kappa shape index (κ2) is 7.29. The summed E-state index contributed by atoms with van der Waals surface area (Å²) >= 11 is 5.53. The van der Waals surface area contributed by atoms with E-state index in [-0.39, 0.29) is 11.9 Å². The molecular weight excluding hydrogens is 224 g/mol. The first kappa shape index (κ1) is 13.0. The Balaban J connectivity index is 2.37. The number of halogens is 1. The Morgan fingerprint density at radius 1 is 1.31 bits per heavy atom. The van der Waals surface area contributed by atoms with E-state index < -0.39 is 0 Å². The summed E-state index contributed by atoms with van der Waals surface area (Å²) in [6, 6.07) is 9.65. The van der Waals surface area contributed by atoms with Crippen molar-refractivity contribution in [2.24, 2.45) is 0 Å². The van der Waals surface area contributed by atoms with Crippen molar-refractivity contribution in [1.82, 2.24) is 0 Å². The lowest BCUT2D eigenvalue weighted by Gasteiger charge is -2.11. The zero-order valence-corrected chi connectivity index (χ0v) is 10.2. The van der Waals surface area contributed by atoms with Gasteiger partial charge in [0.15, 0.2) is 0 Å². The van der Waals surface area contributed by atoms with Crippen LogP contribution in [0.5, 0.6) is 0 Å². The van der Waals surface area contributed by atoms with Crippen LogP contribution in [0.1, 0.15) is 31.2 Å². The summed E-state index contributed by atoms with van der Waals surface area (Å²) in [6.45, 7) is 2.32. The molecule has 1 rings (SSSR count). The second-order valence-corrected chi connectivity index (χ2v) is 4.07. The molecule has 0 spiro atoms. The van der Waals surface area contributed by atoms with Crippen molar-refractivity contribution in [2.45, 2.75) is 25.7 Å². The Morgan fingerprint density at radius 3 is 2.62 bits per heavy atom. The number of alkyl halides is 1. The maximum atomic E-state index is 11.7. The van der Waals surface area contributed by atoms with Crippen LogP contribution < -0.4 is 0 Å². The molecule has 0 amide bonds. The van der Waals surface area contributed by atoms with Crippen LogP contribution in [0.2, 0.25) is 0 Å². The van der Waals surface area contributed by atoms with Crippen molar-refractivity contribution in [2.75, 3.05) is 12.5 Å². The topological polar surface area (TPSA) is 26.3 Å². The van der Waals surface area contributed by atoms with Gasteiger partial charge in [0.25, 0.3) is 0 Å². The van der Waals surface area contributed by atoms with Crippen LogP contribution >= 0.6 is 11.6 Å². The van der Waals surface area contributed by atoms with E-state index in [1.807, 2.05) is 37.3 Å². The molecular formula is C13H17ClO2. The Labute approximate surface area is 102 Å². The maximum absolute atomic E-state index is 11.7. The molecule has 0 aliphatic carbocycles. The monoisotopic (exact) mass is 240 g/mol. The highest BCUT2D eigenvalue weighted by molar-refractivity contribution is 6.17. The number of hydrogen-bond donors (Lipinski definition) is 0. The lowest BCUT2D eigenvalue weighted by molar-refractivity contribution is -0.145. The van der Waals surface area contributed by atoms with Gasteiger partial charge >= 0.3 is 5.97 Å². The molecule has 2 nitrogen and oxygen atoms in total. The Kier molecular flexibility index (Phi) is 5.94. The van der Waals surface area contributed by atoms with Gasteiger partial charge in [-0.15, -0.1) is 11.6 Å². The first-order valence-electron chi connectivity index (χ1n) is 5.53. The van der Waals surface area contributed by atoms with E-state index in [4.69, 9.17) is 16.3 Å². The standard InChI is InChI=1S/C13H17ClO2/c1-11(12-7-3-2-4-8-12)13(15)16-10-6-5-9-14/h2-4,7-8,11H,5-6,9-10H2,1H3. The van der Waals surface area contributed by atoms with Crippen molar-refractivity contribution in [3.63, 3.8) is 0 Å². The minimum atomic E-state index is -0.197. The fourth-order valence-corrected chi connectivity index (χ4v) is 1.56. The normalized spacial score (nSPS) is 12.1. The second-order valence-electron chi connectivity index (χ2n) is 3.70. The van der Waals surface area contributed by atoms with Gasteiger partial charge in [0.05, 0.1) is 12.5 Å². The molecule has 0 heterocycles. The van der Waals surface area contributed by atoms with Gasteiger partial charge in [-0.2, -0.15) is 0 Å². The summed E-state index contributed by atoms with van der Waals surface area (Å²) in [7, 11) is 0. The van der Waals surface area contributed by atoms with Gasteiger partial charge in [0, 0.05) is 5.88 Å². The van der Waals surface area contributed by atoms with Crippen molar-refractivity contribution in [1.29, 1.82) is 0 Å². The third kappa shape index (κ3) is 4.23. The van der Waals surface area contributed by atoms with Crippen LogP contribution in [-0.2, 0) is 9.53 Å². The summed E-state index contributed by atoms with van der Waals surface area (Å²) < 4.78 is 5.16. The van der Waals surface area contributed by atoms with Gasteiger partial charge in [-0.25, -0.2) is 0 Å². The first-order valence-corrected chi connectivity index (χ1v) is 6.06. The minimum absolute atomic E-state index is 0.166. The average Bonchev–Trinajstić information content (AvgIpc) is 2.34. The van der Waals surface area contributed by atoms with E-state index in [0.717, 1.165) is 18.4 Å². The van der Waals surface area contributed by atoms with Crippen molar-refractivity contribution >= 4 is 17.6 Å². The predicted molar refractivity (Wildman–Crippen MR) is 65.8 cm³/mol. The number of ether oxygens (including phenoxy) is 1. The molecule has 0 bridgehead atoms. The molecule has 0 saturated carbocycles. The molecule has 0 N–H and O–H groups in total. The molecule has 0 saturated heterocycles. The fourth-order valence-electron chi connectivity index (χ4n) is 1.37. The van der Waals surface area contributed by atoms with Gasteiger partial charge in [-0.1, -0.05) is 30.3 Å². The molecule has 88 valence electrons. The smallest absolute Gasteiger partial charge is 0.313 e. The van der Waals surface area contributed by atoms with Gasteiger partial charge < -0.3 is 4.74 Å². The molecule has 1 aromatic carbocycles. The highest BCUT2D eigenvalue weighted by Gasteiger charge is 2.15. The van der Waals surface area contributed by atoms with Gasteiger partial charge in [0.1, 0.15) is 0 Å². The van der Waals surface area contributed by atoms with Crippen molar-refractivity contribution in [3.8, 4) is 0 Å². The zero-order valence-electron chi connectivity index (χ0n) is 9.49. The zero-order chi connectivity index (χ0) is 11.8. The van der Waals surface area contributed by atoms with E-state index >= 15 is 0 Å². The highest BCUT2D eigenvalue weighted by atomic mass is 35.5. The molecule has 0 aliphatic rings. The number of esters is 1. The number of unbranched alkanes of at least 4 members (excludes halogenated alkanes) is 1. The fraction of sp³-hybridized carbons (Fsp3) is 0.462. The lowest BCUT2D eigenvalue weighted by atomic mass is 10.0. The van der Waals surface area contributed by atoms with E-state index in [2.05, 4.69) is 0 Å². The molecule has 16 heavy (non-hydrogen) atoms. The lowest BCUT2D eigenvalue weighted by Crippen LogP contribution is -2.13. The Hall–Kier alpha value is -1.02. The third-order valence-electron chi connectivity index (χ3n) is 2.43. The average molecular weight is 241 g/mol. The largest absolute Gasteiger partial charge is 0.465 e. The molecule has 0 radical (unpaired) electrons. The summed E-state index contributed by atoms with van der Waals surface area (Å²) in [5, 5.41) is 0. The summed E-state index contributed by atoms with van der Waals surface area (Å²) in [6.07, 6.45) is 1.71. The molecule has 1 unspecified atom stereocenters. The number of benzene rings is 1. The van der Waals surface area contributed by atoms with Crippen LogP contribution in [-0.4, -0.2) is 18.5 Å². The predicted octanol–water partition coefficient (Wildman–Crippen LogP) is 3.35. The molecule has 0 aliphatic heterocycles. The first-order chi connectivity index (χ1) is 7.75. The van der Waals surface area contributed by atoms with Crippen LogP contribution in [0, 0.1) is 0 Å². The molecule has 0 fully saturated rings.